The number of hydrogen-bond donors (Lipinski definition) is 2. The van der Waals surface area contributed by atoms with Crippen LogP contribution in [-0.2, 0) is 9.59 Å². The lowest BCUT2D eigenvalue weighted by atomic mass is 9.95. The highest BCUT2D eigenvalue weighted by molar-refractivity contribution is 6.31. The van der Waals surface area contributed by atoms with Crippen molar-refractivity contribution in [2.24, 2.45) is 0 Å². The van der Waals surface area contributed by atoms with Gasteiger partial charge in [-0.1, -0.05) is 18.2 Å². The fourth-order valence-electron chi connectivity index (χ4n) is 1.51. The molecule has 0 saturated carbocycles. The van der Waals surface area contributed by atoms with Crippen molar-refractivity contribution in [2.75, 3.05) is 0 Å². The summed E-state index contributed by atoms with van der Waals surface area (Å²) in [5, 5.41) is 26.2. The number of halogens is 1. The van der Waals surface area contributed by atoms with E-state index in [1.165, 1.54) is 25.1 Å². The van der Waals surface area contributed by atoms with Crippen molar-refractivity contribution in [3.63, 3.8) is 0 Å². The fraction of sp³-hybridized carbons (Fsp3) is 0.250. The Labute approximate surface area is 108 Å². The first-order valence-corrected chi connectivity index (χ1v) is 5.42. The number of rotatable bonds is 4. The van der Waals surface area contributed by atoms with Gasteiger partial charge in [0.05, 0.1) is 11.6 Å². The molecule has 6 heteroatoms. The van der Waals surface area contributed by atoms with Gasteiger partial charge in [0.2, 0.25) is 0 Å². The minimum Gasteiger partial charge on any atom is -0.479 e. The quantitative estimate of drug-likeness (QED) is 0.807. The number of carboxylic acid groups (broad SMARTS) is 1. The highest BCUT2D eigenvalue weighted by Gasteiger charge is 2.25. The van der Waals surface area contributed by atoms with Gasteiger partial charge in [-0.15, -0.1) is 11.6 Å². The lowest BCUT2D eigenvalue weighted by molar-refractivity contribution is -0.147. The molecule has 0 radical (unpaired) electrons. The summed E-state index contributed by atoms with van der Waals surface area (Å²) in [6.07, 6.45) is -1.82. The molecule has 0 heterocycles. The smallest absolute Gasteiger partial charge is 0.337 e. The van der Waals surface area contributed by atoms with Crippen LogP contribution in [0.4, 0.5) is 0 Å². The molecular formula is C12H10ClNO4. The maximum atomic E-state index is 11.2. The molecule has 1 aromatic carbocycles. The minimum atomic E-state index is -1.82. The Kier molecular flexibility index (Phi) is 4.43. The van der Waals surface area contributed by atoms with Crippen LogP contribution in [0, 0.1) is 11.3 Å². The molecule has 0 fully saturated rings. The van der Waals surface area contributed by atoms with Crippen LogP contribution in [0.3, 0.4) is 0 Å². The molecular weight excluding hydrogens is 258 g/mol. The monoisotopic (exact) mass is 267 g/mol. The summed E-state index contributed by atoms with van der Waals surface area (Å²) in [5.74, 6) is -1.84. The summed E-state index contributed by atoms with van der Waals surface area (Å²) in [5.41, 5.74) is 0.0430. The molecule has 0 aliphatic heterocycles. The predicted molar refractivity (Wildman–Crippen MR) is 63.0 cm³/mol. The van der Waals surface area contributed by atoms with Crippen molar-refractivity contribution < 1.29 is 19.8 Å². The number of benzene rings is 1. The molecule has 0 spiro atoms. The van der Waals surface area contributed by atoms with E-state index in [2.05, 4.69) is 0 Å². The number of aliphatic hydroxyl groups is 1. The molecule has 1 rings (SSSR count). The van der Waals surface area contributed by atoms with Gasteiger partial charge in [0, 0.05) is 5.56 Å². The predicted octanol–water partition coefficient (Wildman–Crippen LogP) is 1.55. The van der Waals surface area contributed by atoms with E-state index in [1.54, 1.807) is 6.07 Å². The molecule has 2 unspecified atom stereocenters. The third-order valence-electron chi connectivity index (χ3n) is 2.40. The second-order valence-electron chi connectivity index (χ2n) is 3.64. The van der Waals surface area contributed by atoms with Gasteiger partial charge in [0.15, 0.2) is 11.9 Å². The number of Topliss-reactive ketones (excluding diaryl/α,β-unsaturated/α-hetero) is 1. The molecule has 0 aliphatic rings. The third kappa shape index (κ3) is 2.67. The molecule has 0 saturated heterocycles. The van der Waals surface area contributed by atoms with E-state index in [-0.39, 0.29) is 22.5 Å². The minimum absolute atomic E-state index is 0.0746. The van der Waals surface area contributed by atoms with Crippen LogP contribution in [-0.4, -0.2) is 22.0 Å². The SMILES string of the molecule is CC(=O)C(Cl)c1cccc(C(O)C(=O)O)c1C#N. The van der Waals surface area contributed by atoms with Crippen LogP contribution in [0.15, 0.2) is 18.2 Å². The van der Waals surface area contributed by atoms with Gasteiger partial charge in [-0.25, -0.2) is 4.79 Å². The highest BCUT2D eigenvalue weighted by Crippen LogP contribution is 2.29. The number of nitriles is 1. The number of aliphatic carboxylic acids is 1. The Morgan fingerprint density at radius 1 is 1.39 bits per heavy atom. The van der Waals surface area contributed by atoms with Crippen molar-refractivity contribution in [3.05, 3.63) is 34.9 Å². The Balaban J connectivity index is 3.41. The van der Waals surface area contributed by atoms with E-state index < -0.39 is 17.5 Å². The van der Waals surface area contributed by atoms with Crippen molar-refractivity contribution in [1.82, 2.24) is 0 Å². The van der Waals surface area contributed by atoms with E-state index in [4.69, 9.17) is 22.0 Å². The molecule has 0 bridgehead atoms. The van der Waals surface area contributed by atoms with Crippen molar-refractivity contribution in [3.8, 4) is 6.07 Å². The Morgan fingerprint density at radius 3 is 2.39 bits per heavy atom. The van der Waals surface area contributed by atoms with Crippen LogP contribution in [0.1, 0.15) is 35.1 Å². The lowest BCUT2D eigenvalue weighted by Crippen LogP contribution is -2.14. The zero-order chi connectivity index (χ0) is 13.9. The maximum Gasteiger partial charge on any atom is 0.337 e. The van der Waals surface area contributed by atoms with Gasteiger partial charge < -0.3 is 10.2 Å². The van der Waals surface area contributed by atoms with E-state index in [1.807, 2.05) is 0 Å². The number of ketones is 1. The number of carbonyl (C=O) groups excluding carboxylic acids is 1. The van der Waals surface area contributed by atoms with Crippen LogP contribution < -0.4 is 0 Å². The van der Waals surface area contributed by atoms with E-state index in [0.717, 1.165) is 0 Å². The second kappa shape index (κ2) is 5.63. The van der Waals surface area contributed by atoms with Gasteiger partial charge >= 0.3 is 5.97 Å². The molecule has 0 aromatic heterocycles. The summed E-state index contributed by atoms with van der Waals surface area (Å²) in [7, 11) is 0. The zero-order valence-electron chi connectivity index (χ0n) is 9.42. The first-order valence-electron chi connectivity index (χ1n) is 4.98. The van der Waals surface area contributed by atoms with Crippen LogP contribution in [0.25, 0.3) is 0 Å². The van der Waals surface area contributed by atoms with Gasteiger partial charge in [-0.05, 0) is 12.5 Å². The van der Waals surface area contributed by atoms with E-state index in [9.17, 15) is 14.7 Å². The number of nitrogens with zero attached hydrogens (tertiary/aromatic N) is 1. The number of alkyl halides is 1. The van der Waals surface area contributed by atoms with Crippen molar-refractivity contribution in [1.29, 1.82) is 5.26 Å². The number of carboxylic acids is 1. The second-order valence-corrected chi connectivity index (χ2v) is 4.07. The van der Waals surface area contributed by atoms with E-state index in [0.29, 0.717) is 0 Å². The topological polar surface area (TPSA) is 98.4 Å². The summed E-state index contributed by atoms with van der Waals surface area (Å²) in [6, 6.07) is 5.98. The average molecular weight is 268 g/mol. The van der Waals surface area contributed by atoms with Gasteiger partial charge in [0.25, 0.3) is 0 Å². The molecule has 0 aliphatic carbocycles. The van der Waals surface area contributed by atoms with Gasteiger partial charge in [0.1, 0.15) is 5.38 Å². The first-order chi connectivity index (χ1) is 8.40. The largest absolute Gasteiger partial charge is 0.479 e. The van der Waals surface area contributed by atoms with Crippen LogP contribution >= 0.6 is 11.6 Å². The third-order valence-corrected chi connectivity index (χ3v) is 2.94. The maximum absolute atomic E-state index is 11.2. The average Bonchev–Trinajstić information content (AvgIpc) is 2.35. The fourth-order valence-corrected chi connectivity index (χ4v) is 1.69. The standard InChI is InChI=1S/C12H10ClNO4/c1-6(15)10(13)7-3-2-4-8(9(7)5-14)11(16)12(17)18/h2-4,10-11,16H,1H3,(H,17,18). The summed E-state index contributed by atoms with van der Waals surface area (Å²) in [4.78, 5) is 21.9. The van der Waals surface area contributed by atoms with Crippen LogP contribution in [0.5, 0.6) is 0 Å². The van der Waals surface area contributed by atoms with Crippen LogP contribution in [0.2, 0.25) is 0 Å². The molecule has 18 heavy (non-hydrogen) atoms. The normalized spacial score (nSPS) is 13.4. The van der Waals surface area contributed by atoms with Gasteiger partial charge in [-0.2, -0.15) is 5.26 Å². The summed E-state index contributed by atoms with van der Waals surface area (Å²) >= 11 is 5.85. The van der Waals surface area contributed by atoms with Crippen molar-refractivity contribution in [2.45, 2.75) is 18.4 Å². The molecule has 2 atom stereocenters. The Morgan fingerprint density at radius 2 is 1.94 bits per heavy atom. The van der Waals surface area contributed by atoms with Crippen molar-refractivity contribution >= 4 is 23.4 Å². The molecule has 1 aromatic rings. The van der Waals surface area contributed by atoms with Gasteiger partial charge in [-0.3, -0.25) is 4.79 Å². The molecule has 0 amide bonds. The lowest BCUT2D eigenvalue weighted by Gasteiger charge is -2.13. The molecule has 5 nitrogen and oxygen atoms in total. The number of hydrogen-bond acceptors (Lipinski definition) is 4. The summed E-state index contributed by atoms with van der Waals surface area (Å²) < 4.78 is 0. The highest BCUT2D eigenvalue weighted by atomic mass is 35.5. The van der Waals surface area contributed by atoms with E-state index >= 15 is 0 Å². The zero-order valence-corrected chi connectivity index (χ0v) is 10.2. The molecule has 2 N–H and O–H groups in total. The number of aliphatic hydroxyl groups excluding tert-OH is 1. The summed E-state index contributed by atoms with van der Waals surface area (Å²) in [6.45, 7) is 1.26. The Bertz CT molecular complexity index is 497. The number of carbonyl (C=O) groups is 2. The first kappa shape index (κ1) is 14.2. The molecule has 94 valence electrons. The Hall–Kier alpha value is -1.90.